The molecule has 1 heterocycles. The highest BCUT2D eigenvalue weighted by Crippen LogP contribution is 2.22. The molecule has 0 aromatic rings. The molecule has 0 aromatic carbocycles. The Morgan fingerprint density at radius 2 is 2.27 bits per heavy atom. The molecule has 1 rings (SSSR count). The van der Waals surface area contributed by atoms with Crippen LogP contribution in [0, 0.1) is 0 Å². The molecule has 0 radical (unpaired) electrons. The summed E-state index contributed by atoms with van der Waals surface area (Å²) in [5, 5.41) is 6.67. The van der Waals surface area contributed by atoms with E-state index in [9.17, 15) is 0 Å². The van der Waals surface area contributed by atoms with E-state index < -0.39 is 0 Å². The maximum Gasteiger partial charge on any atom is 0.0329 e. The van der Waals surface area contributed by atoms with Crippen molar-refractivity contribution in [2.75, 3.05) is 7.05 Å². The molecule has 0 amide bonds. The second-order valence-electron chi connectivity index (χ2n) is 4.01. The van der Waals surface area contributed by atoms with Gasteiger partial charge in [0.1, 0.15) is 0 Å². The van der Waals surface area contributed by atoms with Crippen LogP contribution in [0.2, 0.25) is 0 Å². The molecule has 2 N–H and O–H groups in total. The van der Waals surface area contributed by atoms with Gasteiger partial charge in [-0.05, 0) is 27.3 Å². The standard InChI is InChI=1S/C9H18N2/c1-7-5-8(10-4)6-9(2,3)11-7/h8,10-11H,1,5-6H2,2-4H3. The van der Waals surface area contributed by atoms with Gasteiger partial charge in [-0.2, -0.15) is 0 Å². The Balaban J connectivity index is 2.58. The first-order valence-corrected chi connectivity index (χ1v) is 4.17. The second-order valence-corrected chi connectivity index (χ2v) is 4.01. The summed E-state index contributed by atoms with van der Waals surface area (Å²) in [6, 6.07) is 0.596. The zero-order valence-corrected chi connectivity index (χ0v) is 7.70. The Bertz CT molecular complexity index is 161. The van der Waals surface area contributed by atoms with Crippen LogP contribution in [0.1, 0.15) is 26.7 Å². The molecule has 0 aromatic heterocycles. The number of nitrogens with one attached hydrogen (secondary N) is 2. The van der Waals surface area contributed by atoms with Crippen molar-refractivity contribution in [2.24, 2.45) is 0 Å². The molecule has 1 fully saturated rings. The predicted molar refractivity (Wildman–Crippen MR) is 48.4 cm³/mol. The average Bonchev–Trinajstić information content (AvgIpc) is 1.83. The van der Waals surface area contributed by atoms with Gasteiger partial charge < -0.3 is 10.6 Å². The zero-order valence-electron chi connectivity index (χ0n) is 7.70. The normalized spacial score (nSPS) is 29.7. The highest BCUT2D eigenvalue weighted by molar-refractivity contribution is 5.06. The van der Waals surface area contributed by atoms with Crippen molar-refractivity contribution in [1.82, 2.24) is 10.6 Å². The van der Waals surface area contributed by atoms with Gasteiger partial charge in [0, 0.05) is 23.7 Å². The van der Waals surface area contributed by atoms with Crippen molar-refractivity contribution in [3.05, 3.63) is 12.3 Å². The summed E-state index contributed by atoms with van der Waals surface area (Å²) in [5.41, 5.74) is 1.36. The van der Waals surface area contributed by atoms with Crippen LogP contribution in [-0.4, -0.2) is 18.6 Å². The Kier molecular flexibility index (Phi) is 2.23. The lowest BCUT2D eigenvalue weighted by Crippen LogP contribution is -2.49. The van der Waals surface area contributed by atoms with Gasteiger partial charge in [-0.3, -0.25) is 0 Å². The van der Waals surface area contributed by atoms with E-state index in [2.05, 4.69) is 31.1 Å². The van der Waals surface area contributed by atoms with Gasteiger partial charge in [0.25, 0.3) is 0 Å². The van der Waals surface area contributed by atoms with Crippen LogP contribution >= 0.6 is 0 Å². The average molecular weight is 154 g/mol. The maximum absolute atomic E-state index is 3.96. The van der Waals surface area contributed by atoms with Gasteiger partial charge in [0.05, 0.1) is 0 Å². The van der Waals surface area contributed by atoms with Gasteiger partial charge in [-0.25, -0.2) is 0 Å². The third-order valence-electron chi connectivity index (χ3n) is 2.17. The summed E-state index contributed by atoms with van der Waals surface area (Å²) < 4.78 is 0. The lowest BCUT2D eigenvalue weighted by Gasteiger charge is -2.38. The monoisotopic (exact) mass is 154 g/mol. The van der Waals surface area contributed by atoms with Crippen molar-refractivity contribution in [1.29, 1.82) is 0 Å². The van der Waals surface area contributed by atoms with E-state index in [0.29, 0.717) is 6.04 Å². The van der Waals surface area contributed by atoms with Crippen LogP contribution in [0.3, 0.4) is 0 Å². The summed E-state index contributed by atoms with van der Waals surface area (Å²) in [6.45, 7) is 8.38. The molecule has 64 valence electrons. The molecule has 0 bridgehead atoms. The van der Waals surface area contributed by atoms with Gasteiger partial charge in [0.15, 0.2) is 0 Å². The fourth-order valence-corrected chi connectivity index (χ4v) is 1.77. The first kappa shape index (κ1) is 8.60. The van der Waals surface area contributed by atoms with E-state index in [4.69, 9.17) is 0 Å². The summed E-state index contributed by atoms with van der Waals surface area (Å²) in [5.74, 6) is 0. The molecule has 1 aliphatic heterocycles. The highest BCUT2D eigenvalue weighted by Gasteiger charge is 2.27. The Hall–Kier alpha value is -0.500. The van der Waals surface area contributed by atoms with Crippen molar-refractivity contribution in [2.45, 2.75) is 38.3 Å². The number of piperidine rings is 1. The molecular formula is C9H18N2. The molecule has 1 saturated heterocycles. The smallest absolute Gasteiger partial charge is 0.0329 e. The maximum atomic E-state index is 3.96. The minimum Gasteiger partial charge on any atom is -0.384 e. The zero-order chi connectivity index (χ0) is 8.48. The Morgan fingerprint density at radius 1 is 1.64 bits per heavy atom. The van der Waals surface area contributed by atoms with Crippen LogP contribution in [-0.2, 0) is 0 Å². The van der Waals surface area contributed by atoms with E-state index >= 15 is 0 Å². The SMILES string of the molecule is C=C1CC(NC)CC(C)(C)N1. The molecule has 0 saturated carbocycles. The molecule has 1 unspecified atom stereocenters. The van der Waals surface area contributed by atoms with E-state index in [0.717, 1.165) is 12.1 Å². The number of hydrogen-bond acceptors (Lipinski definition) is 2. The Labute approximate surface area is 69.1 Å². The fourth-order valence-electron chi connectivity index (χ4n) is 1.77. The molecular weight excluding hydrogens is 136 g/mol. The first-order chi connectivity index (χ1) is 5.03. The van der Waals surface area contributed by atoms with Gasteiger partial charge in [0.2, 0.25) is 0 Å². The van der Waals surface area contributed by atoms with Crippen LogP contribution in [0.15, 0.2) is 12.3 Å². The molecule has 1 aliphatic rings. The lowest BCUT2D eigenvalue weighted by atomic mass is 9.88. The van der Waals surface area contributed by atoms with E-state index in [1.54, 1.807) is 0 Å². The number of hydrogen-bond donors (Lipinski definition) is 2. The molecule has 2 nitrogen and oxygen atoms in total. The fraction of sp³-hybridized carbons (Fsp3) is 0.778. The molecule has 0 aliphatic carbocycles. The largest absolute Gasteiger partial charge is 0.384 e. The van der Waals surface area contributed by atoms with E-state index in [1.165, 1.54) is 6.42 Å². The van der Waals surface area contributed by atoms with Crippen molar-refractivity contribution in [3.8, 4) is 0 Å². The van der Waals surface area contributed by atoms with Crippen molar-refractivity contribution in [3.63, 3.8) is 0 Å². The van der Waals surface area contributed by atoms with Crippen LogP contribution in [0.4, 0.5) is 0 Å². The van der Waals surface area contributed by atoms with Crippen LogP contribution in [0.25, 0.3) is 0 Å². The highest BCUT2D eigenvalue weighted by atomic mass is 15.0. The van der Waals surface area contributed by atoms with Gasteiger partial charge in [-0.1, -0.05) is 6.58 Å². The third kappa shape index (κ3) is 2.22. The number of rotatable bonds is 1. The quantitative estimate of drug-likeness (QED) is 0.594. The predicted octanol–water partition coefficient (Wildman–Crippen LogP) is 1.25. The van der Waals surface area contributed by atoms with Gasteiger partial charge >= 0.3 is 0 Å². The van der Waals surface area contributed by atoms with Crippen molar-refractivity contribution >= 4 is 0 Å². The summed E-state index contributed by atoms with van der Waals surface area (Å²) in [4.78, 5) is 0. The van der Waals surface area contributed by atoms with E-state index in [-0.39, 0.29) is 5.54 Å². The summed E-state index contributed by atoms with van der Waals surface area (Å²) >= 11 is 0. The van der Waals surface area contributed by atoms with Crippen LogP contribution < -0.4 is 10.6 Å². The molecule has 1 atom stereocenters. The topological polar surface area (TPSA) is 24.1 Å². The minimum atomic E-state index is 0.211. The molecule has 0 spiro atoms. The first-order valence-electron chi connectivity index (χ1n) is 4.17. The van der Waals surface area contributed by atoms with Crippen LogP contribution in [0.5, 0.6) is 0 Å². The van der Waals surface area contributed by atoms with Gasteiger partial charge in [-0.15, -0.1) is 0 Å². The van der Waals surface area contributed by atoms with Crippen molar-refractivity contribution < 1.29 is 0 Å². The summed E-state index contributed by atoms with van der Waals surface area (Å²) in [6.07, 6.45) is 2.22. The molecule has 2 heteroatoms. The minimum absolute atomic E-state index is 0.211. The second kappa shape index (κ2) is 2.86. The lowest BCUT2D eigenvalue weighted by molar-refractivity contribution is 0.291. The third-order valence-corrected chi connectivity index (χ3v) is 2.17. The summed E-state index contributed by atoms with van der Waals surface area (Å²) in [7, 11) is 2.01. The van der Waals surface area contributed by atoms with E-state index in [1.807, 2.05) is 7.05 Å². The Morgan fingerprint density at radius 3 is 2.73 bits per heavy atom. The molecule has 11 heavy (non-hydrogen) atoms.